The van der Waals surface area contributed by atoms with Crippen LogP contribution in [0.15, 0.2) is 18.5 Å². The molecule has 0 radical (unpaired) electrons. The van der Waals surface area contributed by atoms with Crippen LogP contribution in [0, 0.1) is 27.7 Å². The lowest BCUT2D eigenvalue weighted by atomic mass is 10.1. The first kappa shape index (κ1) is 19.4. The summed E-state index contributed by atoms with van der Waals surface area (Å²) < 4.78 is 0. The van der Waals surface area contributed by atoms with Gasteiger partial charge in [-0.15, -0.1) is 0 Å². The minimum Gasteiger partial charge on any atom is -0.353 e. The van der Waals surface area contributed by atoms with Gasteiger partial charge in [0.2, 0.25) is 5.91 Å². The molecule has 1 N–H and O–H groups in total. The Balaban J connectivity index is 1.34. The summed E-state index contributed by atoms with van der Waals surface area (Å²) >= 11 is 0. The topological polar surface area (TPSA) is 78.0 Å². The molecule has 7 nitrogen and oxygen atoms in total. The lowest BCUT2D eigenvalue weighted by molar-refractivity contribution is -0.131. The largest absolute Gasteiger partial charge is 0.353 e. The van der Waals surface area contributed by atoms with Gasteiger partial charge in [0.25, 0.3) is 0 Å². The minimum atomic E-state index is 0.189. The van der Waals surface area contributed by atoms with Crippen LogP contribution in [-0.2, 0) is 11.2 Å². The third-order valence-electron chi connectivity index (χ3n) is 6.04. The number of H-pyrrole nitrogens is 1. The standard InChI is InChI=1S/C22H28N6O/c1-14-5-6-18-21(15(14)2)26-19(25-18)7-8-20(29)27-9-11-28(12-10-27)22-16(3)17(4)23-13-24-22/h5-6,13H,7-12H2,1-4H3,(H,25,26). The van der Waals surface area contributed by atoms with Gasteiger partial charge in [0.1, 0.15) is 18.0 Å². The molecule has 0 unspecified atom stereocenters. The van der Waals surface area contributed by atoms with Gasteiger partial charge in [-0.25, -0.2) is 15.0 Å². The summed E-state index contributed by atoms with van der Waals surface area (Å²) in [6, 6.07) is 4.16. The van der Waals surface area contributed by atoms with E-state index in [1.165, 1.54) is 11.1 Å². The normalized spacial score (nSPS) is 14.6. The highest BCUT2D eigenvalue weighted by Crippen LogP contribution is 2.21. The molecule has 2 aromatic heterocycles. The Kier molecular flexibility index (Phi) is 5.22. The summed E-state index contributed by atoms with van der Waals surface area (Å²) in [4.78, 5) is 33.7. The number of aromatic nitrogens is 4. The van der Waals surface area contributed by atoms with Crippen molar-refractivity contribution >= 4 is 22.8 Å². The van der Waals surface area contributed by atoms with E-state index in [2.05, 4.69) is 52.8 Å². The van der Waals surface area contributed by atoms with Crippen molar-refractivity contribution in [3.63, 3.8) is 0 Å². The lowest BCUT2D eigenvalue weighted by Crippen LogP contribution is -2.49. The van der Waals surface area contributed by atoms with Crippen molar-refractivity contribution in [3.8, 4) is 0 Å². The molecule has 0 atom stereocenters. The molecule has 0 aliphatic carbocycles. The molecule has 0 bridgehead atoms. The Morgan fingerprint density at radius 2 is 1.79 bits per heavy atom. The number of imidazole rings is 1. The van der Waals surface area contributed by atoms with Crippen LogP contribution in [0.25, 0.3) is 11.0 Å². The summed E-state index contributed by atoms with van der Waals surface area (Å²) in [7, 11) is 0. The lowest BCUT2D eigenvalue weighted by Gasteiger charge is -2.36. The molecule has 1 fully saturated rings. The fraction of sp³-hybridized carbons (Fsp3) is 0.455. The highest BCUT2D eigenvalue weighted by Gasteiger charge is 2.23. The van der Waals surface area contributed by atoms with E-state index in [-0.39, 0.29) is 5.91 Å². The number of nitrogens with one attached hydrogen (secondary N) is 1. The van der Waals surface area contributed by atoms with Crippen LogP contribution < -0.4 is 4.90 Å². The van der Waals surface area contributed by atoms with Crippen LogP contribution in [0.1, 0.15) is 34.6 Å². The first-order chi connectivity index (χ1) is 13.9. The van der Waals surface area contributed by atoms with Crippen LogP contribution in [0.5, 0.6) is 0 Å². The minimum absolute atomic E-state index is 0.189. The van der Waals surface area contributed by atoms with Gasteiger partial charge >= 0.3 is 0 Å². The number of benzene rings is 1. The number of rotatable bonds is 4. The van der Waals surface area contributed by atoms with Gasteiger partial charge in [-0.2, -0.15) is 0 Å². The molecule has 1 aromatic carbocycles. The molecule has 29 heavy (non-hydrogen) atoms. The molecular formula is C22H28N6O. The molecule has 1 aliphatic rings. The van der Waals surface area contributed by atoms with Crippen molar-refractivity contribution in [2.75, 3.05) is 31.1 Å². The van der Waals surface area contributed by atoms with Crippen LogP contribution in [0.2, 0.25) is 0 Å². The highest BCUT2D eigenvalue weighted by atomic mass is 16.2. The first-order valence-corrected chi connectivity index (χ1v) is 10.2. The van der Waals surface area contributed by atoms with E-state index < -0.39 is 0 Å². The van der Waals surface area contributed by atoms with E-state index in [0.717, 1.165) is 60.1 Å². The van der Waals surface area contributed by atoms with Crippen molar-refractivity contribution in [1.29, 1.82) is 0 Å². The molecule has 7 heteroatoms. The van der Waals surface area contributed by atoms with Crippen molar-refractivity contribution in [2.45, 2.75) is 40.5 Å². The molecule has 1 amide bonds. The SMILES string of the molecule is Cc1ccc2[nH]c(CCC(=O)N3CCN(c4ncnc(C)c4C)CC3)nc2c1C. The number of carbonyl (C=O) groups is 1. The van der Waals surface area contributed by atoms with Crippen molar-refractivity contribution in [3.05, 3.63) is 46.7 Å². The van der Waals surface area contributed by atoms with Crippen LogP contribution in [0.4, 0.5) is 5.82 Å². The molecule has 3 aromatic rings. The number of aromatic amines is 1. The number of amides is 1. The van der Waals surface area contributed by atoms with E-state index in [1.807, 2.05) is 11.8 Å². The van der Waals surface area contributed by atoms with Crippen molar-refractivity contribution < 1.29 is 4.79 Å². The van der Waals surface area contributed by atoms with Gasteiger partial charge in [0.05, 0.1) is 11.0 Å². The maximum absolute atomic E-state index is 12.7. The Bertz CT molecular complexity index is 1050. The molecule has 152 valence electrons. The highest BCUT2D eigenvalue weighted by molar-refractivity contribution is 5.80. The van der Waals surface area contributed by atoms with E-state index in [1.54, 1.807) is 6.33 Å². The third kappa shape index (κ3) is 3.81. The molecule has 1 saturated heterocycles. The van der Waals surface area contributed by atoms with Gasteiger partial charge in [0.15, 0.2) is 0 Å². The predicted octanol–water partition coefficient (Wildman–Crippen LogP) is 2.87. The smallest absolute Gasteiger partial charge is 0.223 e. The van der Waals surface area contributed by atoms with Gasteiger partial charge in [-0.05, 0) is 44.9 Å². The number of hydrogen-bond acceptors (Lipinski definition) is 5. The summed E-state index contributed by atoms with van der Waals surface area (Å²) in [6.07, 6.45) is 2.73. The van der Waals surface area contributed by atoms with Gasteiger partial charge in [-0.1, -0.05) is 6.07 Å². The number of carbonyl (C=O) groups excluding carboxylic acids is 1. The zero-order chi connectivity index (χ0) is 20.5. The number of anilines is 1. The summed E-state index contributed by atoms with van der Waals surface area (Å²) in [5, 5.41) is 0. The predicted molar refractivity (Wildman–Crippen MR) is 114 cm³/mol. The molecule has 4 rings (SSSR count). The van der Waals surface area contributed by atoms with Crippen LogP contribution in [0.3, 0.4) is 0 Å². The van der Waals surface area contributed by atoms with E-state index in [0.29, 0.717) is 12.8 Å². The Morgan fingerprint density at radius 1 is 1.03 bits per heavy atom. The van der Waals surface area contributed by atoms with Gasteiger partial charge in [-0.3, -0.25) is 4.79 Å². The van der Waals surface area contributed by atoms with E-state index in [4.69, 9.17) is 4.98 Å². The van der Waals surface area contributed by atoms with Gasteiger partial charge in [0, 0.05) is 50.3 Å². The fourth-order valence-corrected chi connectivity index (χ4v) is 3.88. The summed E-state index contributed by atoms with van der Waals surface area (Å²) in [5.74, 6) is 2.05. The number of piperazine rings is 1. The number of fused-ring (bicyclic) bond motifs is 1. The quantitative estimate of drug-likeness (QED) is 0.739. The Hall–Kier alpha value is -2.96. The number of hydrogen-bond donors (Lipinski definition) is 1. The second-order valence-corrected chi connectivity index (χ2v) is 7.86. The van der Waals surface area contributed by atoms with Crippen LogP contribution in [-0.4, -0.2) is 56.9 Å². The Labute approximate surface area is 171 Å². The average molecular weight is 393 g/mol. The number of nitrogens with zero attached hydrogens (tertiary/aromatic N) is 5. The summed E-state index contributed by atoms with van der Waals surface area (Å²) in [6.45, 7) is 11.3. The molecule has 0 saturated carbocycles. The molecular weight excluding hydrogens is 364 g/mol. The van der Waals surface area contributed by atoms with Crippen LogP contribution >= 0.6 is 0 Å². The monoisotopic (exact) mass is 392 g/mol. The number of aryl methyl sites for hydroxylation is 4. The molecule has 1 aliphatic heterocycles. The fourth-order valence-electron chi connectivity index (χ4n) is 3.88. The van der Waals surface area contributed by atoms with E-state index in [9.17, 15) is 4.79 Å². The third-order valence-corrected chi connectivity index (χ3v) is 6.04. The van der Waals surface area contributed by atoms with Crippen molar-refractivity contribution in [1.82, 2.24) is 24.8 Å². The summed E-state index contributed by atoms with van der Waals surface area (Å²) in [5.41, 5.74) is 6.60. The maximum Gasteiger partial charge on any atom is 0.223 e. The molecule has 3 heterocycles. The average Bonchev–Trinajstić information content (AvgIpc) is 3.15. The zero-order valence-electron chi connectivity index (χ0n) is 17.6. The van der Waals surface area contributed by atoms with Crippen molar-refractivity contribution in [2.24, 2.45) is 0 Å². The van der Waals surface area contributed by atoms with E-state index >= 15 is 0 Å². The second kappa shape index (κ2) is 7.81. The first-order valence-electron chi connectivity index (χ1n) is 10.2. The molecule has 0 spiro atoms. The second-order valence-electron chi connectivity index (χ2n) is 7.86. The maximum atomic E-state index is 12.7. The van der Waals surface area contributed by atoms with Gasteiger partial charge < -0.3 is 14.8 Å². The zero-order valence-corrected chi connectivity index (χ0v) is 17.6. The Morgan fingerprint density at radius 3 is 2.55 bits per heavy atom.